The Morgan fingerprint density at radius 2 is 1.69 bits per heavy atom. The number of benzene rings is 1. The Hall–Kier alpha value is -3.69. The first-order chi connectivity index (χ1) is 18.3. The standard InChI is InChI=1S/C29H41N5O5/c1-19(20-11-8-7-9-12-20)31-26(37)29(5,6)33-25(36)22-14-10-13-21(22)24(35)23(17-34-16-15-30-18-34)32-27(38)39-28(2,3)4/h7-9,11-12,15-16,18-19,21-23H,10,13-14,17H2,1-6H3,(H,31,37)(H,32,38)(H,33,36)/t19-,21?,22-,23+/m1/s1. The molecule has 1 aromatic carbocycles. The van der Waals surface area contributed by atoms with Gasteiger partial charge in [0.1, 0.15) is 17.2 Å². The average molecular weight is 540 g/mol. The monoisotopic (exact) mass is 539 g/mol. The van der Waals surface area contributed by atoms with E-state index in [4.69, 9.17) is 4.74 Å². The van der Waals surface area contributed by atoms with Gasteiger partial charge in [-0.05, 0) is 59.9 Å². The van der Waals surface area contributed by atoms with Crippen molar-refractivity contribution >= 4 is 23.7 Å². The van der Waals surface area contributed by atoms with Gasteiger partial charge in [0.2, 0.25) is 11.8 Å². The van der Waals surface area contributed by atoms with Crippen molar-refractivity contribution in [1.29, 1.82) is 0 Å². The molecule has 39 heavy (non-hydrogen) atoms. The Morgan fingerprint density at radius 1 is 1.03 bits per heavy atom. The molecule has 10 nitrogen and oxygen atoms in total. The van der Waals surface area contributed by atoms with Gasteiger partial charge in [0.25, 0.3) is 0 Å². The van der Waals surface area contributed by atoms with Crippen LogP contribution in [0.15, 0.2) is 49.1 Å². The van der Waals surface area contributed by atoms with E-state index in [1.807, 2.05) is 37.3 Å². The maximum atomic E-state index is 13.7. The zero-order valence-corrected chi connectivity index (χ0v) is 23.7. The lowest BCUT2D eigenvalue weighted by atomic mass is 9.86. The van der Waals surface area contributed by atoms with Crippen LogP contribution in [0.4, 0.5) is 4.79 Å². The largest absolute Gasteiger partial charge is 0.444 e. The number of rotatable bonds is 10. The zero-order valence-electron chi connectivity index (χ0n) is 23.7. The maximum Gasteiger partial charge on any atom is 0.408 e. The predicted molar refractivity (Wildman–Crippen MR) is 146 cm³/mol. The summed E-state index contributed by atoms with van der Waals surface area (Å²) < 4.78 is 7.08. The Kier molecular flexibility index (Phi) is 9.53. The fourth-order valence-electron chi connectivity index (χ4n) is 4.79. The lowest BCUT2D eigenvalue weighted by molar-refractivity contribution is -0.137. The molecule has 3 N–H and O–H groups in total. The lowest BCUT2D eigenvalue weighted by Gasteiger charge is -2.30. The van der Waals surface area contributed by atoms with Gasteiger partial charge in [-0.2, -0.15) is 0 Å². The number of amides is 3. The number of imidazole rings is 1. The van der Waals surface area contributed by atoms with Gasteiger partial charge in [-0.15, -0.1) is 0 Å². The van der Waals surface area contributed by atoms with Gasteiger partial charge in [0, 0.05) is 24.2 Å². The summed E-state index contributed by atoms with van der Waals surface area (Å²) in [5.41, 5.74) is -0.968. The molecule has 4 atom stereocenters. The van der Waals surface area contributed by atoms with Crippen LogP contribution >= 0.6 is 0 Å². The minimum Gasteiger partial charge on any atom is -0.444 e. The van der Waals surface area contributed by atoms with Gasteiger partial charge >= 0.3 is 6.09 Å². The molecule has 1 unspecified atom stereocenters. The molecule has 0 aliphatic heterocycles. The molecule has 0 radical (unpaired) electrons. The van der Waals surface area contributed by atoms with Crippen molar-refractivity contribution in [2.24, 2.45) is 11.8 Å². The molecule has 1 fully saturated rings. The van der Waals surface area contributed by atoms with Gasteiger partial charge in [0.05, 0.1) is 18.9 Å². The van der Waals surface area contributed by atoms with Crippen molar-refractivity contribution in [1.82, 2.24) is 25.5 Å². The third kappa shape index (κ3) is 8.40. The first kappa shape index (κ1) is 29.9. The van der Waals surface area contributed by atoms with Crippen LogP contribution in [-0.4, -0.2) is 50.4 Å². The molecule has 1 aliphatic carbocycles. The number of aromatic nitrogens is 2. The number of alkyl carbamates (subject to hydrolysis) is 1. The van der Waals surface area contributed by atoms with Crippen LogP contribution in [0.3, 0.4) is 0 Å². The SMILES string of the molecule is C[C@@H](NC(=O)C(C)(C)NC(=O)[C@@H]1CCCC1C(=O)[C@H](Cn1ccnc1)NC(=O)OC(C)(C)C)c1ccccc1. The highest BCUT2D eigenvalue weighted by Gasteiger charge is 2.43. The summed E-state index contributed by atoms with van der Waals surface area (Å²) >= 11 is 0. The summed E-state index contributed by atoms with van der Waals surface area (Å²) in [6.45, 7) is 10.6. The predicted octanol–water partition coefficient (Wildman–Crippen LogP) is 3.53. The number of carbonyl (C=O) groups is 4. The fourth-order valence-corrected chi connectivity index (χ4v) is 4.79. The third-order valence-electron chi connectivity index (χ3n) is 6.86. The molecule has 1 saturated carbocycles. The molecule has 1 heterocycles. The number of hydrogen-bond acceptors (Lipinski definition) is 6. The Bertz CT molecular complexity index is 1140. The Balaban J connectivity index is 1.69. The summed E-state index contributed by atoms with van der Waals surface area (Å²) in [4.78, 5) is 56.8. The van der Waals surface area contributed by atoms with E-state index in [-0.39, 0.29) is 30.2 Å². The smallest absolute Gasteiger partial charge is 0.408 e. The van der Waals surface area contributed by atoms with Gasteiger partial charge in [-0.3, -0.25) is 14.4 Å². The van der Waals surface area contributed by atoms with E-state index in [9.17, 15) is 19.2 Å². The molecule has 3 rings (SSSR count). The summed E-state index contributed by atoms with van der Waals surface area (Å²) in [6, 6.07) is 8.42. The molecule has 10 heteroatoms. The van der Waals surface area contributed by atoms with Crippen molar-refractivity contribution in [2.75, 3.05) is 0 Å². The number of nitrogens with one attached hydrogen (secondary N) is 3. The second kappa shape index (κ2) is 12.4. The zero-order chi connectivity index (χ0) is 28.8. The van der Waals surface area contributed by atoms with Crippen molar-refractivity contribution in [3.05, 3.63) is 54.6 Å². The van der Waals surface area contributed by atoms with Crippen molar-refractivity contribution in [2.45, 2.75) is 90.6 Å². The van der Waals surface area contributed by atoms with Crippen LogP contribution in [0.5, 0.6) is 0 Å². The van der Waals surface area contributed by atoms with Crippen LogP contribution in [0.1, 0.15) is 72.4 Å². The first-order valence-corrected chi connectivity index (χ1v) is 13.4. The van der Waals surface area contributed by atoms with E-state index in [1.165, 1.54) is 0 Å². The third-order valence-corrected chi connectivity index (χ3v) is 6.86. The highest BCUT2D eigenvalue weighted by atomic mass is 16.6. The summed E-state index contributed by atoms with van der Waals surface area (Å²) in [5, 5.41) is 8.52. The van der Waals surface area contributed by atoms with E-state index >= 15 is 0 Å². The number of nitrogens with zero attached hydrogens (tertiary/aromatic N) is 2. The second-order valence-electron chi connectivity index (χ2n) is 11.7. The minimum atomic E-state index is -1.19. The van der Waals surface area contributed by atoms with Crippen LogP contribution in [0.25, 0.3) is 0 Å². The fraction of sp³-hybridized carbons (Fsp3) is 0.552. The Morgan fingerprint density at radius 3 is 2.31 bits per heavy atom. The van der Waals surface area contributed by atoms with Gasteiger partial charge < -0.3 is 25.3 Å². The molecule has 0 saturated heterocycles. The molecule has 0 spiro atoms. The van der Waals surface area contributed by atoms with Crippen molar-refractivity contribution in [3.63, 3.8) is 0 Å². The number of ether oxygens (including phenoxy) is 1. The average Bonchev–Trinajstić information content (AvgIpc) is 3.54. The van der Waals surface area contributed by atoms with Crippen LogP contribution in [0.2, 0.25) is 0 Å². The van der Waals surface area contributed by atoms with Crippen LogP contribution in [0, 0.1) is 11.8 Å². The Labute approximate surface area is 230 Å². The van der Waals surface area contributed by atoms with E-state index in [1.54, 1.807) is 57.9 Å². The molecule has 212 valence electrons. The molecule has 0 bridgehead atoms. The molecule has 2 aromatic rings. The summed E-state index contributed by atoms with van der Waals surface area (Å²) in [6.07, 6.45) is 5.88. The van der Waals surface area contributed by atoms with Crippen LogP contribution < -0.4 is 16.0 Å². The molecule has 3 amide bonds. The van der Waals surface area contributed by atoms with Gasteiger partial charge in [0.15, 0.2) is 5.78 Å². The van der Waals surface area contributed by atoms with Crippen molar-refractivity contribution in [3.8, 4) is 0 Å². The van der Waals surface area contributed by atoms with Crippen molar-refractivity contribution < 1.29 is 23.9 Å². The van der Waals surface area contributed by atoms with E-state index in [2.05, 4.69) is 20.9 Å². The van der Waals surface area contributed by atoms with Gasteiger partial charge in [-0.1, -0.05) is 36.8 Å². The van der Waals surface area contributed by atoms with E-state index < -0.39 is 35.1 Å². The first-order valence-electron chi connectivity index (χ1n) is 13.4. The summed E-state index contributed by atoms with van der Waals surface area (Å²) in [7, 11) is 0. The van der Waals surface area contributed by atoms with Crippen LogP contribution in [-0.2, 0) is 25.7 Å². The lowest BCUT2D eigenvalue weighted by Crippen LogP contribution is -2.57. The molecular formula is C29H41N5O5. The molecule has 1 aliphatic rings. The quantitative estimate of drug-likeness (QED) is 0.423. The maximum absolute atomic E-state index is 13.7. The normalized spacial score (nSPS) is 19.0. The highest BCUT2D eigenvalue weighted by Crippen LogP contribution is 2.34. The number of Topliss-reactive ketones (excluding diaryl/α,β-unsaturated/α-hetero) is 1. The van der Waals surface area contributed by atoms with E-state index in [0.29, 0.717) is 19.3 Å². The molecular weight excluding hydrogens is 498 g/mol. The number of ketones is 1. The molecule has 1 aromatic heterocycles. The van der Waals surface area contributed by atoms with E-state index in [0.717, 1.165) is 5.56 Å². The number of hydrogen-bond donors (Lipinski definition) is 3. The highest BCUT2D eigenvalue weighted by molar-refractivity contribution is 5.96. The topological polar surface area (TPSA) is 131 Å². The number of carbonyl (C=O) groups excluding carboxylic acids is 4. The minimum absolute atomic E-state index is 0.161. The second-order valence-corrected chi connectivity index (χ2v) is 11.7. The van der Waals surface area contributed by atoms with Gasteiger partial charge in [-0.25, -0.2) is 9.78 Å². The summed E-state index contributed by atoms with van der Waals surface area (Å²) in [5.74, 6) is -2.13.